The van der Waals surface area contributed by atoms with Crippen molar-refractivity contribution in [3.05, 3.63) is 35.9 Å². The highest BCUT2D eigenvalue weighted by molar-refractivity contribution is 5.13. The lowest BCUT2D eigenvalue weighted by Crippen LogP contribution is -2.59. The van der Waals surface area contributed by atoms with Crippen LogP contribution in [0.25, 0.3) is 0 Å². The van der Waals surface area contributed by atoms with Crippen molar-refractivity contribution < 1.29 is 29.9 Å². The van der Waals surface area contributed by atoms with Crippen LogP contribution < -0.4 is 0 Å². The van der Waals surface area contributed by atoms with Crippen molar-refractivity contribution in [2.75, 3.05) is 6.61 Å². The first-order chi connectivity index (χ1) is 9.13. The molecule has 6 heteroatoms. The van der Waals surface area contributed by atoms with Gasteiger partial charge in [-0.05, 0) is 5.56 Å². The Hall–Kier alpha value is -1.02. The lowest BCUT2D eigenvalue weighted by Gasteiger charge is -2.39. The predicted octanol–water partition coefficient (Wildman–Crippen LogP) is -0.997. The molecule has 1 aromatic rings. The monoisotopic (exact) mass is 270 g/mol. The third kappa shape index (κ3) is 3.30. The Balaban J connectivity index is 1.96. The molecule has 0 amide bonds. The average molecular weight is 270 g/mol. The molecule has 1 aliphatic heterocycles. The molecule has 1 heterocycles. The second-order valence-corrected chi connectivity index (χ2v) is 4.49. The average Bonchev–Trinajstić information content (AvgIpc) is 2.44. The molecule has 106 valence electrons. The van der Waals surface area contributed by atoms with E-state index in [1.165, 1.54) is 0 Å². The molecule has 19 heavy (non-hydrogen) atoms. The molecule has 1 fully saturated rings. The van der Waals surface area contributed by atoms with Crippen LogP contribution in [-0.2, 0) is 16.1 Å². The summed E-state index contributed by atoms with van der Waals surface area (Å²) < 4.78 is 10.4. The van der Waals surface area contributed by atoms with E-state index in [2.05, 4.69) is 0 Å². The second kappa shape index (κ2) is 6.42. The molecule has 1 aromatic carbocycles. The Morgan fingerprint density at radius 1 is 1.05 bits per heavy atom. The molecule has 4 N–H and O–H groups in total. The van der Waals surface area contributed by atoms with Crippen molar-refractivity contribution in [3.63, 3.8) is 0 Å². The van der Waals surface area contributed by atoms with Crippen molar-refractivity contribution in [1.29, 1.82) is 0 Å². The topological polar surface area (TPSA) is 99.4 Å². The van der Waals surface area contributed by atoms with Crippen LogP contribution >= 0.6 is 0 Å². The van der Waals surface area contributed by atoms with Gasteiger partial charge < -0.3 is 29.9 Å². The molecule has 0 spiro atoms. The Kier molecular flexibility index (Phi) is 4.87. The molecule has 0 aromatic heterocycles. The van der Waals surface area contributed by atoms with E-state index in [1.807, 2.05) is 30.3 Å². The van der Waals surface area contributed by atoms with Crippen LogP contribution in [0.5, 0.6) is 0 Å². The van der Waals surface area contributed by atoms with Gasteiger partial charge in [0.25, 0.3) is 0 Å². The lowest BCUT2D eigenvalue weighted by molar-refractivity contribution is -0.298. The smallest absolute Gasteiger partial charge is 0.184 e. The van der Waals surface area contributed by atoms with Crippen molar-refractivity contribution in [2.24, 2.45) is 0 Å². The summed E-state index contributed by atoms with van der Waals surface area (Å²) in [6.45, 7) is -0.305. The molecule has 5 unspecified atom stereocenters. The van der Waals surface area contributed by atoms with Crippen LogP contribution in [-0.4, -0.2) is 57.7 Å². The fourth-order valence-corrected chi connectivity index (χ4v) is 2.02. The lowest BCUT2D eigenvalue weighted by atomic mass is 9.99. The minimum Gasteiger partial charge on any atom is -0.394 e. The standard InChI is InChI=1S/C13H18O6/c14-6-9-10(15)11(16)12(13(17)19-9)18-7-8-4-2-1-3-5-8/h1-5,9-17H,6-7H2. The first-order valence-electron chi connectivity index (χ1n) is 6.09. The van der Waals surface area contributed by atoms with Crippen LogP contribution in [0.2, 0.25) is 0 Å². The number of benzene rings is 1. The zero-order valence-electron chi connectivity index (χ0n) is 10.3. The van der Waals surface area contributed by atoms with E-state index in [0.29, 0.717) is 0 Å². The Bertz CT molecular complexity index is 384. The maximum atomic E-state index is 9.86. The Morgan fingerprint density at radius 3 is 2.37 bits per heavy atom. The number of aliphatic hydroxyl groups excluding tert-OH is 4. The van der Waals surface area contributed by atoms with Gasteiger partial charge in [0.15, 0.2) is 6.29 Å². The van der Waals surface area contributed by atoms with Crippen LogP contribution in [0.4, 0.5) is 0 Å². The largest absolute Gasteiger partial charge is 0.394 e. The van der Waals surface area contributed by atoms with E-state index < -0.39 is 37.3 Å². The summed E-state index contributed by atoms with van der Waals surface area (Å²) in [5.41, 5.74) is 0.876. The van der Waals surface area contributed by atoms with E-state index in [9.17, 15) is 15.3 Å². The van der Waals surface area contributed by atoms with Gasteiger partial charge in [-0.2, -0.15) is 0 Å². The van der Waals surface area contributed by atoms with Gasteiger partial charge in [-0.25, -0.2) is 0 Å². The van der Waals surface area contributed by atoms with Crippen LogP contribution in [0.15, 0.2) is 30.3 Å². The number of hydrogen-bond donors (Lipinski definition) is 4. The third-order valence-corrected chi connectivity index (χ3v) is 3.13. The highest BCUT2D eigenvalue weighted by atomic mass is 16.7. The third-order valence-electron chi connectivity index (χ3n) is 3.13. The zero-order valence-corrected chi connectivity index (χ0v) is 10.3. The van der Waals surface area contributed by atoms with Gasteiger partial charge in [0.2, 0.25) is 0 Å². The first kappa shape index (κ1) is 14.4. The Morgan fingerprint density at radius 2 is 1.74 bits per heavy atom. The van der Waals surface area contributed by atoms with Gasteiger partial charge in [0, 0.05) is 0 Å². The number of hydrogen-bond acceptors (Lipinski definition) is 6. The Labute approximate surface area is 110 Å². The molecule has 2 rings (SSSR count). The van der Waals surface area contributed by atoms with E-state index in [0.717, 1.165) is 5.56 Å². The van der Waals surface area contributed by atoms with Gasteiger partial charge in [0.1, 0.15) is 24.4 Å². The SMILES string of the molecule is OCC1OC(O)C(OCc2ccccc2)C(O)C1O. The maximum absolute atomic E-state index is 9.86. The normalized spacial score (nSPS) is 35.3. The van der Waals surface area contributed by atoms with E-state index in [-0.39, 0.29) is 6.61 Å². The number of ether oxygens (including phenoxy) is 2. The molecule has 1 saturated heterocycles. The fourth-order valence-electron chi connectivity index (χ4n) is 2.02. The summed E-state index contributed by atoms with van der Waals surface area (Å²) in [5, 5.41) is 38.2. The maximum Gasteiger partial charge on any atom is 0.184 e. The van der Waals surface area contributed by atoms with Gasteiger partial charge in [-0.3, -0.25) is 0 Å². The molecule has 0 aliphatic carbocycles. The zero-order chi connectivity index (χ0) is 13.8. The molecule has 6 nitrogen and oxygen atoms in total. The van der Waals surface area contributed by atoms with Gasteiger partial charge in [0.05, 0.1) is 13.2 Å². The highest BCUT2D eigenvalue weighted by Gasteiger charge is 2.44. The van der Waals surface area contributed by atoms with Crippen molar-refractivity contribution in [3.8, 4) is 0 Å². The van der Waals surface area contributed by atoms with Gasteiger partial charge in [-0.1, -0.05) is 30.3 Å². The molecule has 0 saturated carbocycles. The quantitative estimate of drug-likeness (QED) is 0.560. The van der Waals surface area contributed by atoms with Crippen LogP contribution in [0.3, 0.4) is 0 Å². The van der Waals surface area contributed by atoms with Crippen molar-refractivity contribution in [1.82, 2.24) is 0 Å². The minimum atomic E-state index is -1.39. The van der Waals surface area contributed by atoms with E-state index in [1.54, 1.807) is 0 Å². The highest BCUT2D eigenvalue weighted by Crippen LogP contribution is 2.23. The van der Waals surface area contributed by atoms with Crippen molar-refractivity contribution in [2.45, 2.75) is 37.3 Å². The fraction of sp³-hybridized carbons (Fsp3) is 0.538. The molecular weight excluding hydrogens is 252 g/mol. The van der Waals surface area contributed by atoms with E-state index >= 15 is 0 Å². The molecule has 1 aliphatic rings. The van der Waals surface area contributed by atoms with Crippen LogP contribution in [0.1, 0.15) is 5.56 Å². The summed E-state index contributed by atoms with van der Waals surface area (Å²) in [5.74, 6) is 0. The van der Waals surface area contributed by atoms with Crippen molar-refractivity contribution >= 4 is 0 Å². The molecular formula is C13H18O6. The second-order valence-electron chi connectivity index (χ2n) is 4.49. The summed E-state index contributed by atoms with van der Waals surface area (Å²) in [6, 6.07) is 9.25. The summed E-state index contributed by atoms with van der Waals surface area (Å²) >= 11 is 0. The van der Waals surface area contributed by atoms with Gasteiger partial charge in [-0.15, -0.1) is 0 Å². The van der Waals surface area contributed by atoms with E-state index in [4.69, 9.17) is 14.6 Å². The summed E-state index contributed by atoms with van der Waals surface area (Å²) in [4.78, 5) is 0. The predicted molar refractivity (Wildman–Crippen MR) is 65.0 cm³/mol. The minimum absolute atomic E-state index is 0.180. The number of aliphatic hydroxyl groups is 4. The van der Waals surface area contributed by atoms with Crippen LogP contribution in [0, 0.1) is 0 Å². The molecule has 5 atom stereocenters. The first-order valence-corrected chi connectivity index (χ1v) is 6.09. The summed E-state index contributed by atoms with van der Waals surface area (Å²) in [7, 11) is 0. The molecule has 0 radical (unpaired) electrons. The van der Waals surface area contributed by atoms with Gasteiger partial charge >= 0.3 is 0 Å². The molecule has 0 bridgehead atoms. The summed E-state index contributed by atoms with van der Waals surface area (Å²) in [6.07, 6.45) is -6.07. The number of rotatable bonds is 4.